The lowest BCUT2D eigenvalue weighted by atomic mass is 10.3. The van der Waals surface area contributed by atoms with Crippen molar-refractivity contribution in [3.05, 3.63) is 47.6 Å². The van der Waals surface area contributed by atoms with Gasteiger partial charge in [0.05, 0.1) is 16.8 Å². The fourth-order valence-electron chi connectivity index (χ4n) is 1.80. The highest BCUT2D eigenvalue weighted by Crippen LogP contribution is 2.19. The Morgan fingerprint density at radius 3 is 2.68 bits per heavy atom. The average molecular weight is 340 g/mol. The van der Waals surface area contributed by atoms with E-state index in [4.69, 9.17) is 11.6 Å². The number of aromatic nitrogens is 1. The number of pyridine rings is 1. The van der Waals surface area contributed by atoms with Crippen LogP contribution in [0.5, 0.6) is 0 Å². The summed E-state index contributed by atoms with van der Waals surface area (Å²) in [6.45, 7) is 2.99. The summed E-state index contributed by atoms with van der Waals surface area (Å²) in [7, 11) is -3.69. The first-order valence-corrected chi connectivity index (χ1v) is 8.85. The number of anilines is 2. The van der Waals surface area contributed by atoms with Gasteiger partial charge in [0.15, 0.2) is 0 Å². The molecule has 0 amide bonds. The first-order valence-electron chi connectivity index (χ1n) is 6.99. The maximum absolute atomic E-state index is 12.2. The Morgan fingerprint density at radius 2 is 2.05 bits per heavy atom. The second-order valence-electron chi connectivity index (χ2n) is 4.78. The smallest absolute Gasteiger partial charge is 0.263 e. The van der Waals surface area contributed by atoms with Crippen LogP contribution in [0.4, 0.5) is 11.5 Å². The van der Waals surface area contributed by atoms with Crippen LogP contribution < -0.4 is 10.0 Å². The molecule has 0 bridgehead atoms. The van der Waals surface area contributed by atoms with Crippen molar-refractivity contribution >= 4 is 33.1 Å². The third-order valence-corrected chi connectivity index (χ3v) is 4.56. The highest BCUT2D eigenvalue weighted by atomic mass is 35.5. The van der Waals surface area contributed by atoms with Crippen molar-refractivity contribution in [2.45, 2.75) is 24.7 Å². The second-order valence-corrected chi connectivity index (χ2v) is 6.89. The molecule has 0 radical (unpaired) electrons. The van der Waals surface area contributed by atoms with Crippen molar-refractivity contribution in [1.29, 1.82) is 0 Å². The minimum Gasteiger partial charge on any atom is -0.384 e. The molecule has 0 fully saturated rings. The van der Waals surface area contributed by atoms with Gasteiger partial charge in [-0.15, -0.1) is 0 Å². The Kier molecular flexibility index (Phi) is 5.63. The topological polar surface area (TPSA) is 71.1 Å². The lowest BCUT2D eigenvalue weighted by Crippen LogP contribution is -2.14. The fourth-order valence-corrected chi connectivity index (χ4v) is 3.11. The number of benzene rings is 1. The third kappa shape index (κ3) is 4.61. The Hall–Kier alpha value is -1.79. The molecule has 0 aliphatic carbocycles. The minimum absolute atomic E-state index is 0.104. The highest BCUT2D eigenvalue weighted by Gasteiger charge is 2.14. The second kappa shape index (κ2) is 7.47. The average Bonchev–Trinajstić information content (AvgIpc) is 2.49. The lowest BCUT2D eigenvalue weighted by molar-refractivity contribution is 0.601. The Balaban J connectivity index is 2.06. The van der Waals surface area contributed by atoms with Crippen LogP contribution in [0, 0.1) is 0 Å². The van der Waals surface area contributed by atoms with Crippen LogP contribution in [0.3, 0.4) is 0 Å². The number of nitrogens with one attached hydrogen (secondary N) is 2. The maximum Gasteiger partial charge on any atom is 0.263 e. The molecule has 0 aliphatic rings. The van der Waals surface area contributed by atoms with Gasteiger partial charge in [-0.05, 0) is 36.8 Å². The molecule has 7 heteroatoms. The quantitative estimate of drug-likeness (QED) is 0.754. The molecular weight excluding hydrogens is 322 g/mol. The Labute approximate surface area is 135 Å². The van der Waals surface area contributed by atoms with Crippen LogP contribution in [0.2, 0.25) is 5.02 Å². The van der Waals surface area contributed by atoms with Crippen molar-refractivity contribution in [2.24, 2.45) is 0 Å². The number of nitrogens with zero attached hydrogens (tertiary/aromatic N) is 1. The van der Waals surface area contributed by atoms with Gasteiger partial charge < -0.3 is 5.32 Å². The first kappa shape index (κ1) is 16.6. The molecule has 1 aromatic carbocycles. The van der Waals surface area contributed by atoms with E-state index >= 15 is 0 Å². The van der Waals surface area contributed by atoms with Crippen molar-refractivity contribution in [3.63, 3.8) is 0 Å². The Morgan fingerprint density at radius 1 is 1.23 bits per heavy atom. The summed E-state index contributed by atoms with van der Waals surface area (Å²) >= 11 is 5.82. The van der Waals surface area contributed by atoms with Gasteiger partial charge in [0, 0.05) is 11.6 Å². The molecule has 22 heavy (non-hydrogen) atoms. The van der Waals surface area contributed by atoms with E-state index in [9.17, 15) is 8.42 Å². The van der Waals surface area contributed by atoms with Gasteiger partial charge in [-0.25, -0.2) is 13.4 Å². The lowest BCUT2D eigenvalue weighted by Gasteiger charge is -2.09. The molecule has 2 rings (SSSR count). The molecule has 2 aromatic rings. The molecule has 1 aromatic heterocycles. The molecular formula is C15H18ClN3O2S. The first-order chi connectivity index (χ1) is 10.5. The van der Waals surface area contributed by atoms with Crippen LogP contribution in [0.15, 0.2) is 47.5 Å². The zero-order chi connectivity index (χ0) is 16.0. The molecule has 0 saturated carbocycles. The van der Waals surface area contributed by atoms with E-state index in [1.54, 1.807) is 30.5 Å². The summed E-state index contributed by atoms with van der Waals surface area (Å²) in [5, 5.41) is 3.58. The summed E-state index contributed by atoms with van der Waals surface area (Å²) in [4.78, 5) is 4.21. The van der Waals surface area contributed by atoms with Gasteiger partial charge in [-0.3, -0.25) is 4.72 Å². The number of hydrogen-bond acceptors (Lipinski definition) is 4. The van der Waals surface area contributed by atoms with Crippen LogP contribution in [-0.4, -0.2) is 19.9 Å². The Bertz CT molecular complexity index is 718. The van der Waals surface area contributed by atoms with E-state index in [1.165, 1.54) is 12.1 Å². The molecule has 118 valence electrons. The van der Waals surface area contributed by atoms with E-state index in [2.05, 4.69) is 21.9 Å². The predicted molar refractivity (Wildman–Crippen MR) is 89.9 cm³/mol. The molecule has 0 atom stereocenters. The molecule has 2 N–H and O–H groups in total. The molecule has 0 saturated heterocycles. The summed E-state index contributed by atoms with van der Waals surface area (Å²) in [5.74, 6) is 0.265. The van der Waals surface area contributed by atoms with Crippen LogP contribution >= 0.6 is 11.6 Å². The SMILES string of the molecule is CCCCNc1ccc(NS(=O)(=O)c2cccc(Cl)c2)nc1. The highest BCUT2D eigenvalue weighted by molar-refractivity contribution is 7.92. The summed E-state index contributed by atoms with van der Waals surface area (Å²) in [6, 6.07) is 9.50. The number of halogens is 1. The fraction of sp³-hybridized carbons (Fsp3) is 0.267. The zero-order valence-electron chi connectivity index (χ0n) is 12.2. The standard InChI is InChI=1S/C15H18ClN3O2S/c1-2-3-9-17-13-7-8-15(18-11-13)19-22(20,21)14-6-4-5-12(16)10-14/h4-8,10-11,17H,2-3,9H2,1H3,(H,18,19). The third-order valence-electron chi connectivity index (χ3n) is 2.97. The monoisotopic (exact) mass is 339 g/mol. The van der Waals surface area contributed by atoms with Crippen molar-refractivity contribution in [2.75, 3.05) is 16.6 Å². The van der Waals surface area contributed by atoms with Gasteiger partial charge in [-0.2, -0.15) is 0 Å². The number of rotatable bonds is 7. The van der Waals surface area contributed by atoms with E-state index in [-0.39, 0.29) is 10.7 Å². The van der Waals surface area contributed by atoms with Crippen LogP contribution in [0.25, 0.3) is 0 Å². The van der Waals surface area contributed by atoms with Gasteiger partial charge in [-0.1, -0.05) is 31.0 Å². The number of sulfonamides is 1. The summed E-state index contributed by atoms with van der Waals surface area (Å²) in [6.07, 6.45) is 3.78. The van der Waals surface area contributed by atoms with E-state index < -0.39 is 10.0 Å². The zero-order valence-corrected chi connectivity index (χ0v) is 13.8. The summed E-state index contributed by atoms with van der Waals surface area (Å²) in [5.41, 5.74) is 0.860. The van der Waals surface area contributed by atoms with E-state index in [1.807, 2.05) is 0 Å². The largest absolute Gasteiger partial charge is 0.384 e. The predicted octanol–water partition coefficient (Wildman–Crippen LogP) is 3.75. The van der Waals surface area contributed by atoms with E-state index in [0.717, 1.165) is 25.1 Å². The summed E-state index contributed by atoms with van der Waals surface area (Å²) < 4.78 is 26.9. The number of hydrogen-bond donors (Lipinski definition) is 2. The molecule has 0 unspecified atom stereocenters. The van der Waals surface area contributed by atoms with Gasteiger partial charge in [0.1, 0.15) is 5.82 Å². The van der Waals surface area contributed by atoms with Gasteiger partial charge in [0.25, 0.3) is 10.0 Å². The van der Waals surface area contributed by atoms with Crippen molar-refractivity contribution in [1.82, 2.24) is 4.98 Å². The van der Waals surface area contributed by atoms with Gasteiger partial charge in [0.2, 0.25) is 0 Å². The van der Waals surface area contributed by atoms with Crippen molar-refractivity contribution < 1.29 is 8.42 Å². The van der Waals surface area contributed by atoms with Crippen LogP contribution in [-0.2, 0) is 10.0 Å². The molecule has 1 heterocycles. The molecule has 5 nitrogen and oxygen atoms in total. The number of unbranched alkanes of at least 4 members (excludes halogenated alkanes) is 1. The van der Waals surface area contributed by atoms with Gasteiger partial charge >= 0.3 is 0 Å². The minimum atomic E-state index is -3.69. The van der Waals surface area contributed by atoms with E-state index in [0.29, 0.717) is 5.02 Å². The van der Waals surface area contributed by atoms with Crippen LogP contribution in [0.1, 0.15) is 19.8 Å². The van der Waals surface area contributed by atoms with Crippen molar-refractivity contribution in [3.8, 4) is 0 Å². The molecule has 0 aliphatic heterocycles. The normalized spacial score (nSPS) is 11.2. The molecule has 0 spiro atoms. The maximum atomic E-state index is 12.2.